The maximum atomic E-state index is 12.7. The monoisotopic (exact) mass is 404 g/mol. The summed E-state index contributed by atoms with van der Waals surface area (Å²) in [5, 5.41) is 12.0. The molecular formula is C25H28N2O3. The second-order valence-corrected chi connectivity index (χ2v) is 8.99. The number of β-amino-alcohol motifs (C(OH)–C–C–N with tert-alkyl or cyclic N) is 1. The van der Waals surface area contributed by atoms with E-state index in [4.69, 9.17) is 4.74 Å². The topological polar surface area (TPSA) is 65.6 Å². The van der Waals surface area contributed by atoms with Crippen LogP contribution in [0, 0.1) is 13.8 Å². The minimum absolute atomic E-state index is 0.183. The van der Waals surface area contributed by atoms with Crippen molar-refractivity contribution >= 4 is 16.7 Å². The van der Waals surface area contributed by atoms with Gasteiger partial charge in [0.25, 0.3) is 0 Å². The molecule has 5 heteroatoms. The highest BCUT2D eigenvalue weighted by Gasteiger charge is 2.43. The number of piperidine rings is 1. The lowest BCUT2D eigenvalue weighted by Crippen LogP contribution is -2.51. The predicted molar refractivity (Wildman–Crippen MR) is 117 cm³/mol. The molecule has 2 N–H and O–H groups in total. The van der Waals surface area contributed by atoms with Crippen molar-refractivity contribution in [3.8, 4) is 5.75 Å². The summed E-state index contributed by atoms with van der Waals surface area (Å²) in [5.41, 5.74) is 4.58. The first-order valence-electron chi connectivity index (χ1n) is 10.7. The third kappa shape index (κ3) is 3.42. The van der Waals surface area contributed by atoms with Crippen molar-refractivity contribution in [1.29, 1.82) is 0 Å². The van der Waals surface area contributed by atoms with E-state index in [1.54, 1.807) is 0 Å². The number of ketones is 1. The SMILES string of the molecule is Cc1ccc2c(c1)C(=O)CC1(CCN(C[C@H](O)c3c[nH]c4ccc(C)cc34)CC1)O2. The van der Waals surface area contributed by atoms with Crippen LogP contribution < -0.4 is 4.74 Å². The summed E-state index contributed by atoms with van der Waals surface area (Å²) in [7, 11) is 0. The number of aromatic nitrogens is 1. The van der Waals surface area contributed by atoms with Crippen molar-refractivity contribution in [3.63, 3.8) is 0 Å². The summed E-state index contributed by atoms with van der Waals surface area (Å²) in [6.45, 7) is 6.27. The maximum absolute atomic E-state index is 12.7. The number of Topliss-reactive ketones (excluding diaryl/α,β-unsaturated/α-hetero) is 1. The first-order chi connectivity index (χ1) is 14.4. The molecule has 0 amide bonds. The van der Waals surface area contributed by atoms with Crippen molar-refractivity contribution < 1.29 is 14.6 Å². The molecule has 1 fully saturated rings. The molecule has 156 valence electrons. The zero-order chi connectivity index (χ0) is 20.9. The molecule has 1 saturated heterocycles. The van der Waals surface area contributed by atoms with Gasteiger partial charge in [0, 0.05) is 55.1 Å². The quantitative estimate of drug-likeness (QED) is 0.682. The van der Waals surface area contributed by atoms with Gasteiger partial charge in [-0.3, -0.25) is 4.79 Å². The normalized spacial score (nSPS) is 19.6. The number of nitrogens with one attached hydrogen (secondary N) is 1. The van der Waals surface area contributed by atoms with Crippen LogP contribution in [0.25, 0.3) is 10.9 Å². The van der Waals surface area contributed by atoms with E-state index < -0.39 is 11.7 Å². The van der Waals surface area contributed by atoms with Crippen LogP contribution in [0.1, 0.15) is 52.4 Å². The molecular weight excluding hydrogens is 376 g/mol. The number of nitrogens with zero attached hydrogens (tertiary/aromatic N) is 1. The molecule has 0 radical (unpaired) electrons. The standard InChI is InChI=1S/C25H28N2O3/c1-16-3-5-21-18(11-16)20(14-26-21)23(29)15-27-9-7-25(8-10-27)13-22(28)19-12-17(2)4-6-24(19)30-25/h3-6,11-12,14,23,26,29H,7-10,13,15H2,1-2H3/t23-/m0/s1. The molecule has 3 aromatic rings. The molecule has 0 bridgehead atoms. The van der Waals surface area contributed by atoms with Crippen molar-refractivity contribution in [3.05, 3.63) is 64.8 Å². The van der Waals surface area contributed by atoms with Gasteiger partial charge in [-0.15, -0.1) is 0 Å². The number of fused-ring (bicyclic) bond motifs is 2. The lowest BCUT2D eigenvalue weighted by molar-refractivity contribution is -0.0182. The van der Waals surface area contributed by atoms with E-state index in [0.717, 1.165) is 53.7 Å². The summed E-state index contributed by atoms with van der Waals surface area (Å²) in [4.78, 5) is 18.3. The van der Waals surface area contributed by atoms with Crippen LogP contribution in [-0.4, -0.2) is 46.0 Å². The Kier molecular flexibility index (Phi) is 4.68. The highest BCUT2D eigenvalue weighted by atomic mass is 16.5. The first kappa shape index (κ1) is 19.3. The van der Waals surface area contributed by atoms with Gasteiger partial charge >= 0.3 is 0 Å². The molecule has 1 aromatic heterocycles. The number of ether oxygens (including phenoxy) is 1. The van der Waals surface area contributed by atoms with Gasteiger partial charge in [-0.05, 0) is 38.1 Å². The van der Waals surface area contributed by atoms with Crippen molar-refractivity contribution in [1.82, 2.24) is 9.88 Å². The van der Waals surface area contributed by atoms with Crippen molar-refractivity contribution in [2.24, 2.45) is 0 Å². The summed E-state index contributed by atoms with van der Waals surface area (Å²) < 4.78 is 6.37. The lowest BCUT2D eigenvalue weighted by Gasteiger charge is -2.44. The van der Waals surface area contributed by atoms with Crippen LogP contribution >= 0.6 is 0 Å². The van der Waals surface area contributed by atoms with Gasteiger partial charge in [-0.25, -0.2) is 0 Å². The molecule has 5 rings (SSSR count). The fourth-order valence-electron chi connectivity index (χ4n) is 4.90. The number of carbonyl (C=O) groups is 1. The number of carbonyl (C=O) groups excluding carboxylic acids is 1. The number of H-pyrrole nitrogens is 1. The van der Waals surface area contributed by atoms with Crippen LogP contribution in [0.3, 0.4) is 0 Å². The van der Waals surface area contributed by atoms with Crippen LogP contribution in [-0.2, 0) is 0 Å². The number of benzene rings is 2. The van der Waals surface area contributed by atoms with Gasteiger partial charge in [0.15, 0.2) is 5.78 Å². The van der Waals surface area contributed by atoms with Crippen LogP contribution in [0.2, 0.25) is 0 Å². The Labute approximate surface area is 176 Å². The van der Waals surface area contributed by atoms with Crippen LogP contribution in [0.15, 0.2) is 42.6 Å². The van der Waals surface area contributed by atoms with E-state index in [-0.39, 0.29) is 5.78 Å². The Balaban J connectivity index is 1.26. The summed E-state index contributed by atoms with van der Waals surface area (Å²) in [6.07, 6.45) is 3.41. The Morgan fingerprint density at radius 1 is 1.13 bits per heavy atom. The second-order valence-electron chi connectivity index (χ2n) is 8.99. The Morgan fingerprint density at radius 3 is 2.67 bits per heavy atom. The predicted octanol–water partition coefficient (Wildman–Crippen LogP) is 4.32. The summed E-state index contributed by atoms with van der Waals surface area (Å²) in [6, 6.07) is 12.1. The highest BCUT2D eigenvalue weighted by Crippen LogP contribution is 2.40. The lowest BCUT2D eigenvalue weighted by atomic mass is 9.82. The zero-order valence-corrected chi connectivity index (χ0v) is 17.6. The van der Waals surface area contributed by atoms with Crippen molar-refractivity contribution in [2.45, 2.75) is 44.8 Å². The van der Waals surface area contributed by atoms with Crippen LogP contribution in [0.5, 0.6) is 5.75 Å². The van der Waals surface area contributed by atoms with Gasteiger partial charge in [0.1, 0.15) is 11.4 Å². The van der Waals surface area contributed by atoms with Crippen LogP contribution in [0.4, 0.5) is 0 Å². The molecule has 0 saturated carbocycles. The largest absolute Gasteiger partial charge is 0.486 e. The Bertz CT molecular complexity index is 1110. The van der Waals surface area contributed by atoms with Gasteiger partial charge < -0.3 is 19.7 Å². The molecule has 30 heavy (non-hydrogen) atoms. The average Bonchev–Trinajstić information content (AvgIpc) is 3.14. The van der Waals surface area contributed by atoms with E-state index in [1.807, 2.05) is 31.3 Å². The fourth-order valence-corrected chi connectivity index (χ4v) is 4.90. The zero-order valence-electron chi connectivity index (χ0n) is 17.6. The van der Waals surface area contributed by atoms with Gasteiger partial charge in [-0.2, -0.15) is 0 Å². The third-order valence-corrected chi connectivity index (χ3v) is 6.67. The molecule has 2 aromatic carbocycles. The smallest absolute Gasteiger partial charge is 0.170 e. The molecule has 0 aliphatic carbocycles. The number of aliphatic hydroxyl groups excluding tert-OH is 1. The summed E-state index contributed by atoms with van der Waals surface area (Å²) in [5.74, 6) is 0.905. The maximum Gasteiger partial charge on any atom is 0.170 e. The molecule has 3 heterocycles. The highest BCUT2D eigenvalue weighted by molar-refractivity contribution is 6.00. The van der Waals surface area contributed by atoms with Gasteiger partial charge in [0.05, 0.1) is 18.1 Å². The van der Waals surface area contributed by atoms with E-state index in [1.165, 1.54) is 5.56 Å². The number of aliphatic hydroxyl groups is 1. The number of rotatable bonds is 3. The number of hydrogen-bond donors (Lipinski definition) is 2. The number of likely N-dealkylation sites (tertiary alicyclic amines) is 1. The van der Waals surface area contributed by atoms with E-state index in [2.05, 4.69) is 35.0 Å². The van der Waals surface area contributed by atoms with Gasteiger partial charge in [-0.1, -0.05) is 23.3 Å². The van der Waals surface area contributed by atoms with Crippen molar-refractivity contribution in [2.75, 3.05) is 19.6 Å². The van der Waals surface area contributed by atoms with E-state index in [0.29, 0.717) is 18.5 Å². The summed E-state index contributed by atoms with van der Waals surface area (Å²) >= 11 is 0. The molecule has 5 nitrogen and oxygen atoms in total. The first-order valence-corrected chi connectivity index (χ1v) is 10.7. The minimum Gasteiger partial charge on any atom is -0.486 e. The molecule has 2 aliphatic heterocycles. The number of aryl methyl sites for hydroxylation is 2. The average molecular weight is 405 g/mol. The Morgan fingerprint density at radius 2 is 1.87 bits per heavy atom. The molecule has 1 spiro atoms. The third-order valence-electron chi connectivity index (χ3n) is 6.67. The minimum atomic E-state index is -0.549. The van der Waals surface area contributed by atoms with E-state index in [9.17, 15) is 9.90 Å². The Hall–Kier alpha value is -2.63. The van der Waals surface area contributed by atoms with E-state index >= 15 is 0 Å². The molecule has 2 aliphatic rings. The molecule has 1 atom stereocenters. The molecule has 0 unspecified atom stereocenters. The number of aromatic amines is 1. The second kappa shape index (κ2) is 7.25. The van der Waals surface area contributed by atoms with Gasteiger partial charge in [0.2, 0.25) is 0 Å². The fraction of sp³-hybridized carbons (Fsp3) is 0.400. The number of hydrogen-bond acceptors (Lipinski definition) is 4.